The number of thiocarbonyl (C=S) groups is 1. The number of carbonyl (C=O) groups is 3. The second-order valence-corrected chi connectivity index (χ2v) is 7.25. The standard InChI is InChI=1S/C18H23ClN4O3S/c19-13-7-3-4-8-14(13)20-15(24)9-10-16(25)22-23-18(27)21-17(26)11-12-5-1-2-6-12/h3-4,7-8,12H,1-2,5-6,9-11H2,(H,20,24)(H,22,25)(H2,21,23,26,27). The molecule has 7 nitrogen and oxygen atoms in total. The molecular weight excluding hydrogens is 388 g/mol. The number of rotatable bonds is 6. The Labute approximate surface area is 168 Å². The molecule has 0 spiro atoms. The summed E-state index contributed by atoms with van der Waals surface area (Å²) in [6, 6.07) is 6.84. The Hall–Kier alpha value is -2.19. The van der Waals surface area contributed by atoms with E-state index in [0.29, 0.717) is 23.0 Å². The van der Waals surface area contributed by atoms with Crippen LogP contribution in [0.2, 0.25) is 5.02 Å². The maximum absolute atomic E-state index is 11.9. The van der Waals surface area contributed by atoms with Crippen molar-refractivity contribution in [3.63, 3.8) is 0 Å². The number of anilines is 1. The third-order valence-corrected chi connectivity index (χ3v) is 4.78. The third-order valence-electron chi connectivity index (χ3n) is 4.24. The average molecular weight is 411 g/mol. The number of carbonyl (C=O) groups excluding carboxylic acids is 3. The summed E-state index contributed by atoms with van der Waals surface area (Å²) in [5.74, 6) is -0.491. The van der Waals surface area contributed by atoms with Crippen LogP contribution in [0.3, 0.4) is 0 Å². The van der Waals surface area contributed by atoms with Crippen LogP contribution < -0.4 is 21.5 Å². The molecule has 9 heteroatoms. The summed E-state index contributed by atoms with van der Waals surface area (Å²) < 4.78 is 0. The van der Waals surface area contributed by atoms with Gasteiger partial charge in [-0.2, -0.15) is 0 Å². The van der Waals surface area contributed by atoms with Crippen molar-refractivity contribution in [3.8, 4) is 0 Å². The zero-order chi connectivity index (χ0) is 19.6. The molecule has 1 fully saturated rings. The largest absolute Gasteiger partial charge is 0.325 e. The summed E-state index contributed by atoms with van der Waals surface area (Å²) in [4.78, 5) is 35.5. The SMILES string of the molecule is O=C(CCC(=O)Nc1ccccc1Cl)NNC(=S)NC(=O)CC1CCCC1. The number of halogens is 1. The van der Waals surface area contributed by atoms with Gasteiger partial charge in [0, 0.05) is 19.3 Å². The second-order valence-electron chi connectivity index (χ2n) is 6.43. The fourth-order valence-corrected chi connectivity index (χ4v) is 3.22. The van der Waals surface area contributed by atoms with Crippen molar-refractivity contribution in [2.45, 2.75) is 44.9 Å². The molecule has 1 aliphatic rings. The molecule has 3 amide bonds. The lowest BCUT2D eigenvalue weighted by molar-refractivity contribution is -0.124. The van der Waals surface area contributed by atoms with Gasteiger partial charge in [-0.1, -0.05) is 36.6 Å². The number of benzene rings is 1. The smallest absolute Gasteiger partial charge is 0.238 e. The van der Waals surface area contributed by atoms with E-state index in [2.05, 4.69) is 21.5 Å². The summed E-state index contributed by atoms with van der Waals surface area (Å²) in [6.07, 6.45) is 4.86. The molecule has 1 aromatic carbocycles. The highest BCUT2D eigenvalue weighted by Crippen LogP contribution is 2.27. The van der Waals surface area contributed by atoms with Crippen LogP contribution in [-0.2, 0) is 14.4 Å². The molecule has 0 radical (unpaired) electrons. The van der Waals surface area contributed by atoms with Gasteiger partial charge in [-0.25, -0.2) is 0 Å². The summed E-state index contributed by atoms with van der Waals surface area (Å²) in [7, 11) is 0. The van der Waals surface area contributed by atoms with Crippen LogP contribution >= 0.6 is 23.8 Å². The first-order chi connectivity index (χ1) is 12.9. The maximum Gasteiger partial charge on any atom is 0.238 e. The fourth-order valence-electron chi connectivity index (χ4n) is 2.88. The maximum atomic E-state index is 11.9. The Morgan fingerprint density at radius 1 is 1.00 bits per heavy atom. The first-order valence-electron chi connectivity index (χ1n) is 8.87. The highest BCUT2D eigenvalue weighted by molar-refractivity contribution is 7.80. The molecule has 4 N–H and O–H groups in total. The van der Waals surface area contributed by atoms with Crippen LogP contribution in [0.1, 0.15) is 44.9 Å². The summed E-state index contributed by atoms with van der Waals surface area (Å²) >= 11 is 10.9. The lowest BCUT2D eigenvalue weighted by Gasteiger charge is -2.12. The second kappa shape index (κ2) is 10.8. The van der Waals surface area contributed by atoms with E-state index in [0.717, 1.165) is 12.8 Å². The van der Waals surface area contributed by atoms with Crippen molar-refractivity contribution in [1.82, 2.24) is 16.2 Å². The normalized spacial score (nSPS) is 13.7. The van der Waals surface area contributed by atoms with E-state index in [1.165, 1.54) is 12.8 Å². The minimum absolute atomic E-state index is 0.0143. The molecule has 0 saturated heterocycles. The molecule has 0 atom stereocenters. The molecule has 0 unspecified atom stereocenters. The minimum atomic E-state index is -0.420. The van der Waals surface area contributed by atoms with Crippen molar-refractivity contribution in [2.24, 2.45) is 5.92 Å². The number of hydrogen-bond acceptors (Lipinski definition) is 4. The van der Waals surface area contributed by atoms with Gasteiger partial charge in [-0.15, -0.1) is 0 Å². The van der Waals surface area contributed by atoms with Crippen molar-refractivity contribution in [1.29, 1.82) is 0 Å². The summed E-state index contributed by atoms with van der Waals surface area (Å²) in [5.41, 5.74) is 5.32. The van der Waals surface area contributed by atoms with Crippen LogP contribution in [0.15, 0.2) is 24.3 Å². The predicted molar refractivity (Wildman–Crippen MR) is 108 cm³/mol. The van der Waals surface area contributed by atoms with Crippen LogP contribution in [0.4, 0.5) is 5.69 Å². The first kappa shape index (κ1) is 21.1. The average Bonchev–Trinajstić information content (AvgIpc) is 3.13. The monoisotopic (exact) mass is 410 g/mol. The van der Waals surface area contributed by atoms with Gasteiger partial charge in [0.15, 0.2) is 5.11 Å². The number of nitrogens with one attached hydrogen (secondary N) is 4. The van der Waals surface area contributed by atoms with Crippen LogP contribution in [0.25, 0.3) is 0 Å². The van der Waals surface area contributed by atoms with Crippen molar-refractivity contribution in [3.05, 3.63) is 29.3 Å². The molecule has 1 aliphatic carbocycles. The number of hydrogen-bond donors (Lipinski definition) is 4. The molecule has 0 aromatic heterocycles. The zero-order valence-corrected chi connectivity index (χ0v) is 16.4. The highest BCUT2D eigenvalue weighted by Gasteiger charge is 2.19. The van der Waals surface area contributed by atoms with Crippen LogP contribution in [0, 0.1) is 5.92 Å². The van der Waals surface area contributed by atoms with Gasteiger partial charge < -0.3 is 10.6 Å². The fraction of sp³-hybridized carbons (Fsp3) is 0.444. The Balaban J connectivity index is 1.60. The van der Waals surface area contributed by atoms with Crippen molar-refractivity contribution in [2.75, 3.05) is 5.32 Å². The Morgan fingerprint density at radius 3 is 2.37 bits per heavy atom. The molecule has 0 aliphatic heterocycles. The van der Waals surface area contributed by atoms with Gasteiger partial charge in [0.2, 0.25) is 17.7 Å². The Bertz CT molecular complexity index is 708. The molecule has 1 saturated carbocycles. The van der Waals surface area contributed by atoms with Gasteiger partial charge in [-0.3, -0.25) is 25.2 Å². The number of hydrazine groups is 1. The third kappa shape index (κ3) is 7.92. The molecule has 2 rings (SSSR count). The van der Waals surface area contributed by atoms with Crippen LogP contribution in [0.5, 0.6) is 0 Å². The van der Waals surface area contributed by atoms with E-state index in [9.17, 15) is 14.4 Å². The van der Waals surface area contributed by atoms with E-state index < -0.39 is 5.91 Å². The van der Waals surface area contributed by atoms with Gasteiger partial charge in [0.1, 0.15) is 0 Å². The first-order valence-corrected chi connectivity index (χ1v) is 9.65. The number of amides is 3. The topological polar surface area (TPSA) is 99.3 Å². The lowest BCUT2D eigenvalue weighted by Crippen LogP contribution is -2.48. The lowest BCUT2D eigenvalue weighted by atomic mass is 10.0. The predicted octanol–water partition coefficient (Wildman–Crippen LogP) is 2.66. The Morgan fingerprint density at radius 2 is 1.67 bits per heavy atom. The van der Waals surface area contributed by atoms with Crippen LogP contribution in [-0.4, -0.2) is 22.8 Å². The van der Waals surface area contributed by atoms with E-state index >= 15 is 0 Å². The Kier molecular flexibility index (Phi) is 8.47. The quantitative estimate of drug-likeness (QED) is 0.427. The highest BCUT2D eigenvalue weighted by atomic mass is 35.5. The van der Waals surface area contributed by atoms with Gasteiger partial charge in [-0.05, 0) is 43.1 Å². The molecule has 0 heterocycles. The van der Waals surface area contributed by atoms with Crippen molar-refractivity contribution < 1.29 is 14.4 Å². The van der Waals surface area contributed by atoms with Gasteiger partial charge in [0.25, 0.3) is 0 Å². The van der Waals surface area contributed by atoms with Crippen molar-refractivity contribution >= 4 is 52.3 Å². The minimum Gasteiger partial charge on any atom is -0.325 e. The summed E-state index contributed by atoms with van der Waals surface area (Å²) in [5, 5.41) is 5.64. The molecule has 0 bridgehead atoms. The van der Waals surface area contributed by atoms with E-state index in [1.807, 2.05) is 0 Å². The van der Waals surface area contributed by atoms with Gasteiger partial charge >= 0.3 is 0 Å². The van der Waals surface area contributed by atoms with E-state index in [4.69, 9.17) is 23.8 Å². The molecule has 27 heavy (non-hydrogen) atoms. The van der Waals surface area contributed by atoms with E-state index in [1.54, 1.807) is 24.3 Å². The van der Waals surface area contributed by atoms with E-state index in [-0.39, 0.29) is 29.8 Å². The molecular formula is C18H23ClN4O3S. The zero-order valence-electron chi connectivity index (χ0n) is 14.8. The molecule has 1 aromatic rings. The van der Waals surface area contributed by atoms with Gasteiger partial charge in [0.05, 0.1) is 10.7 Å². The molecule has 146 valence electrons. The summed E-state index contributed by atoms with van der Waals surface area (Å²) in [6.45, 7) is 0. The number of para-hydroxylation sites is 1.